The second-order valence-electron chi connectivity index (χ2n) is 6.61. The second kappa shape index (κ2) is 10.7. The smallest absolute Gasteiger partial charge is 0.387 e. The molecule has 9 heteroatoms. The number of carbonyl (C=O) groups is 2. The van der Waals surface area contributed by atoms with Gasteiger partial charge in [-0.05, 0) is 42.0 Å². The highest BCUT2D eigenvalue weighted by Gasteiger charge is 2.13. The van der Waals surface area contributed by atoms with E-state index in [9.17, 15) is 18.4 Å². The van der Waals surface area contributed by atoms with Gasteiger partial charge in [-0.15, -0.1) is 0 Å². The van der Waals surface area contributed by atoms with Crippen molar-refractivity contribution in [2.45, 2.75) is 13.2 Å². The molecule has 1 aliphatic rings. The van der Waals surface area contributed by atoms with E-state index in [-0.39, 0.29) is 5.75 Å². The van der Waals surface area contributed by atoms with Gasteiger partial charge in [0, 0.05) is 25.3 Å². The molecular weight excluding hydrogens is 398 g/mol. The summed E-state index contributed by atoms with van der Waals surface area (Å²) in [4.78, 5) is 26.3. The lowest BCUT2D eigenvalue weighted by molar-refractivity contribution is -0.119. The molecule has 0 unspecified atom stereocenters. The summed E-state index contributed by atoms with van der Waals surface area (Å²) in [5.74, 6) is -1.18. The molecular formula is C21H22F2N2O5. The molecule has 2 aromatic carbocycles. The summed E-state index contributed by atoms with van der Waals surface area (Å²) in [6, 6.07) is 12.5. The Balaban J connectivity index is 1.43. The number of amides is 1. The molecule has 0 aliphatic carbocycles. The first kappa shape index (κ1) is 21.7. The van der Waals surface area contributed by atoms with Crippen LogP contribution in [-0.2, 0) is 20.8 Å². The maximum absolute atomic E-state index is 12.1. The van der Waals surface area contributed by atoms with Crippen LogP contribution < -0.4 is 10.1 Å². The summed E-state index contributed by atoms with van der Waals surface area (Å²) in [5, 5.41) is 2.51. The van der Waals surface area contributed by atoms with E-state index in [2.05, 4.69) is 15.0 Å². The first-order chi connectivity index (χ1) is 14.5. The van der Waals surface area contributed by atoms with E-state index >= 15 is 0 Å². The monoisotopic (exact) mass is 420 g/mol. The van der Waals surface area contributed by atoms with Crippen molar-refractivity contribution in [3.63, 3.8) is 0 Å². The molecule has 30 heavy (non-hydrogen) atoms. The van der Waals surface area contributed by atoms with E-state index in [0.717, 1.165) is 38.4 Å². The first-order valence-electron chi connectivity index (χ1n) is 9.40. The third-order valence-electron chi connectivity index (χ3n) is 4.40. The Hall–Kier alpha value is -3.04. The number of anilines is 1. The van der Waals surface area contributed by atoms with Crippen molar-refractivity contribution in [3.05, 3.63) is 59.7 Å². The molecule has 1 aliphatic heterocycles. The summed E-state index contributed by atoms with van der Waals surface area (Å²) in [6.07, 6.45) is 0. The highest BCUT2D eigenvalue weighted by atomic mass is 19.3. The molecule has 1 N–H and O–H groups in total. The zero-order valence-corrected chi connectivity index (χ0v) is 16.2. The van der Waals surface area contributed by atoms with Gasteiger partial charge in [0.05, 0.1) is 18.8 Å². The van der Waals surface area contributed by atoms with Crippen molar-refractivity contribution in [2.24, 2.45) is 0 Å². The zero-order chi connectivity index (χ0) is 21.3. The summed E-state index contributed by atoms with van der Waals surface area (Å²) in [6.45, 7) is 0.590. The predicted octanol–water partition coefficient (Wildman–Crippen LogP) is 2.92. The molecule has 1 amide bonds. The Morgan fingerprint density at radius 3 is 2.33 bits per heavy atom. The van der Waals surface area contributed by atoms with E-state index in [1.807, 2.05) is 12.1 Å². The minimum absolute atomic E-state index is 0.0218. The van der Waals surface area contributed by atoms with Crippen LogP contribution >= 0.6 is 0 Å². The molecule has 1 saturated heterocycles. The molecule has 0 aromatic heterocycles. The van der Waals surface area contributed by atoms with E-state index in [1.165, 1.54) is 24.3 Å². The molecule has 0 saturated carbocycles. The Labute approximate surface area is 172 Å². The first-order valence-corrected chi connectivity index (χ1v) is 9.40. The number of morpholine rings is 1. The number of alkyl halides is 2. The minimum Gasteiger partial charge on any atom is -0.452 e. The number of ether oxygens (including phenoxy) is 3. The van der Waals surface area contributed by atoms with Crippen LogP contribution in [0, 0.1) is 0 Å². The summed E-state index contributed by atoms with van der Waals surface area (Å²) in [7, 11) is 0. The molecule has 0 atom stereocenters. The van der Waals surface area contributed by atoms with Crippen LogP contribution in [0.2, 0.25) is 0 Å². The van der Waals surface area contributed by atoms with Crippen LogP contribution in [0.1, 0.15) is 15.9 Å². The van der Waals surface area contributed by atoms with Crippen LogP contribution in [-0.4, -0.2) is 56.3 Å². The van der Waals surface area contributed by atoms with E-state index in [1.54, 1.807) is 12.1 Å². The van der Waals surface area contributed by atoms with Gasteiger partial charge in [-0.2, -0.15) is 8.78 Å². The summed E-state index contributed by atoms with van der Waals surface area (Å²) < 4.78 is 38.8. The van der Waals surface area contributed by atoms with E-state index in [0.29, 0.717) is 11.3 Å². The van der Waals surface area contributed by atoms with Crippen molar-refractivity contribution in [2.75, 3.05) is 38.2 Å². The van der Waals surface area contributed by atoms with Gasteiger partial charge in [0.1, 0.15) is 5.75 Å². The molecule has 0 radical (unpaired) electrons. The van der Waals surface area contributed by atoms with Crippen molar-refractivity contribution in [1.29, 1.82) is 0 Å². The number of hydrogen-bond donors (Lipinski definition) is 1. The Bertz CT molecular complexity index is 837. The Morgan fingerprint density at radius 2 is 1.70 bits per heavy atom. The van der Waals surface area contributed by atoms with Crippen LogP contribution in [0.5, 0.6) is 5.75 Å². The zero-order valence-electron chi connectivity index (χ0n) is 16.2. The number of carbonyl (C=O) groups excluding carboxylic acids is 2. The van der Waals surface area contributed by atoms with E-state index < -0.39 is 25.1 Å². The number of benzene rings is 2. The topological polar surface area (TPSA) is 77.1 Å². The van der Waals surface area contributed by atoms with Gasteiger partial charge in [-0.3, -0.25) is 9.69 Å². The molecule has 0 bridgehead atoms. The lowest BCUT2D eigenvalue weighted by Crippen LogP contribution is -2.35. The lowest BCUT2D eigenvalue weighted by atomic mass is 10.1. The molecule has 3 rings (SSSR count). The third kappa shape index (κ3) is 6.78. The fraction of sp³-hybridized carbons (Fsp3) is 0.333. The number of rotatable bonds is 8. The van der Waals surface area contributed by atoms with Crippen LogP contribution in [0.15, 0.2) is 48.5 Å². The highest BCUT2D eigenvalue weighted by Crippen LogP contribution is 2.17. The SMILES string of the molecule is O=C(COC(=O)c1ccc(CN2CCOCC2)cc1)Nc1ccc(OC(F)F)cc1. The predicted molar refractivity (Wildman–Crippen MR) is 105 cm³/mol. The van der Waals surface area contributed by atoms with Crippen molar-refractivity contribution in [1.82, 2.24) is 4.90 Å². The van der Waals surface area contributed by atoms with Crippen LogP contribution in [0.3, 0.4) is 0 Å². The number of hydrogen-bond acceptors (Lipinski definition) is 6. The van der Waals surface area contributed by atoms with Gasteiger partial charge < -0.3 is 19.5 Å². The van der Waals surface area contributed by atoms with Crippen molar-refractivity contribution in [3.8, 4) is 5.75 Å². The molecule has 2 aromatic rings. The second-order valence-corrected chi connectivity index (χ2v) is 6.61. The normalized spacial score (nSPS) is 14.4. The molecule has 160 valence electrons. The van der Waals surface area contributed by atoms with Crippen molar-refractivity contribution < 1.29 is 32.6 Å². The maximum Gasteiger partial charge on any atom is 0.387 e. The van der Waals surface area contributed by atoms with Crippen LogP contribution in [0.25, 0.3) is 0 Å². The number of esters is 1. The average molecular weight is 420 g/mol. The van der Waals surface area contributed by atoms with Gasteiger partial charge in [-0.25, -0.2) is 4.79 Å². The average Bonchev–Trinajstić information content (AvgIpc) is 2.74. The van der Waals surface area contributed by atoms with Gasteiger partial charge in [0.15, 0.2) is 6.61 Å². The number of halogens is 2. The number of nitrogens with one attached hydrogen (secondary N) is 1. The molecule has 1 fully saturated rings. The van der Waals surface area contributed by atoms with Gasteiger partial charge >= 0.3 is 12.6 Å². The fourth-order valence-corrected chi connectivity index (χ4v) is 2.89. The third-order valence-corrected chi connectivity index (χ3v) is 4.40. The summed E-state index contributed by atoms with van der Waals surface area (Å²) in [5.41, 5.74) is 1.79. The summed E-state index contributed by atoms with van der Waals surface area (Å²) >= 11 is 0. The molecule has 7 nitrogen and oxygen atoms in total. The quantitative estimate of drug-likeness (QED) is 0.662. The standard InChI is InChI=1S/C21H22F2N2O5/c22-21(23)30-18-7-5-17(6-8-18)24-19(26)14-29-20(27)16-3-1-15(2-4-16)13-25-9-11-28-12-10-25/h1-8,21H,9-14H2,(H,24,26). The molecule has 1 heterocycles. The Morgan fingerprint density at radius 1 is 1.03 bits per heavy atom. The Kier molecular flexibility index (Phi) is 7.69. The van der Waals surface area contributed by atoms with Gasteiger partial charge in [-0.1, -0.05) is 12.1 Å². The number of nitrogens with zero attached hydrogens (tertiary/aromatic N) is 1. The fourth-order valence-electron chi connectivity index (χ4n) is 2.89. The van der Waals surface area contributed by atoms with Gasteiger partial charge in [0.25, 0.3) is 5.91 Å². The lowest BCUT2D eigenvalue weighted by Gasteiger charge is -2.26. The van der Waals surface area contributed by atoms with E-state index in [4.69, 9.17) is 9.47 Å². The largest absolute Gasteiger partial charge is 0.452 e. The minimum atomic E-state index is -2.92. The van der Waals surface area contributed by atoms with Crippen LogP contribution in [0.4, 0.5) is 14.5 Å². The maximum atomic E-state index is 12.1. The van der Waals surface area contributed by atoms with Crippen molar-refractivity contribution >= 4 is 17.6 Å². The highest BCUT2D eigenvalue weighted by molar-refractivity contribution is 5.95. The molecule has 0 spiro atoms. The van der Waals surface area contributed by atoms with Gasteiger partial charge in [0.2, 0.25) is 0 Å².